The number of rotatable bonds is 3. The highest BCUT2D eigenvalue weighted by Crippen LogP contribution is 2.38. The third kappa shape index (κ3) is 2.90. The van der Waals surface area contributed by atoms with E-state index in [0.29, 0.717) is 18.6 Å². The number of hydrogen-bond donors (Lipinski definition) is 1. The van der Waals surface area contributed by atoms with E-state index in [9.17, 15) is 13.9 Å². The minimum Gasteiger partial charge on any atom is -0.493 e. The number of aliphatic hydroxyl groups excluding tert-OH is 1. The molecule has 21 heavy (non-hydrogen) atoms. The van der Waals surface area contributed by atoms with Gasteiger partial charge < -0.3 is 9.84 Å². The van der Waals surface area contributed by atoms with Gasteiger partial charge in [0, 0.05) is 0 Å². The van der Waals surface area contributed by atoms with Crippen LogP contribution in [0.4, 0.5) is 8.78 Å². The molecule has 3 rings (SSSR count). The Balaban J connectivity index is 1.79. The van der Waals surface area contributed by atoms with Crippen LogP contribution in [0.25, 0.3) is 0 Å². The average molecular weight is 290 g/mol. The molecule has 1 aliphatic rings. The smallest absolute Gasteiger partial charge is 0.159 e. The third-order valence-corrected chi connectivity index (χ3v) is 3.92. The molecule has 0 spiro atoms. The Bertz CT molecular complexity index is 642. The van der Waals surface area contributed by atoms with Gasteiger partial charge in [0.2, 0.25) is 0 Å². The second-order valence-electron chi connectivity index (χ2n) is 5.30. The molecular formula is C17H16F2O2. The second-order valence-corrected chi connectivity index (χ2v) is 5.30. The lowest BCUT2D eigenvalue weighted by molar-refractivity contribution is 0.144. The summed E-state index contributed by atoms with van der Waals surface area (Å²) >= 11 is 0. The first-order valence-corrected chi connectivity index (χ1v) is 7.00. The summed E-state index contributed by atoms with van der Waals surface area (Å²) in [4.78, 5) is 0. The highest BCUT2D eigenvalue weighted by molar-refractivity contribution is 5.38. The minimum atomic E-state index is -0.932. The van der Waals surface area contributed by atoms with Crippen molar-refractivity contribution in [3.8, 4) is 5.75 Å². The molecular weight excluding hydrogens is 274 g/mol. The fraction of sp³-hybridized carbons (Fsp3) is 0.294. The highest BCUT2D eigenvalue weighted by Gasteiger charge is 2.24. The van der Waals surface area contributed by atoms with Crippen molar-refractivity contribution in [1.82, 2.24) is 0 Å². The van der Waals surface area contributed by atoms with Crippen LogP contribution >= 0.6 is 0 Å². The molecule has 0 saturated carbocycles. The van der Waals surface area contributed by atoms with Gasteiger partial charge in [0.15, 0.2) is 11.6 Å². The van der Waals surface area contributed by atoms with E-state index < -0.39 is 17.7 Å². The number of fused-ring (bicyclic) bond motifs is 1. The normalized spacial score (nSPS) is 18.7. The summed E-state index contributed by atoms with van der Waals surface area (Å²) in [5, 5.41) is 10.3. The van der Waals surface area contributed by atoms with Gasteiger partial charge in [-0.2, -0.15) is 0 Å². The molecule has 2 aromatic carbocycles. The van der Waals surface area contributed by atoms with Gasteiger partial charge in [-0.25, -0.2) is 8.78 Å². The van der Waals surface area contributed by atoms with Gasteiger partial charge in [-0.05, 0) is 48.1 Å². The predicted molar refractivity (Wildman–Crippen MR) is 75.2 cm³/mol. The molecule has 2 aromatic rings. The number of para-hydroxylation sites is 1. The van der Waals surface area contributed by atoms with E-state index in [1.54, 1.807) is 0 Å². The van der Waals surface area contributed by atoms with Gasteiger partial charge in [-0.1, -0.05) is 24.3 Å². The standard InChI is InChI=1S/C17H16F2O2/c18-14-6-5-12(9-15(14)19)16(20)10-11-7-8-21-17-4-2-1-3-13(11)17/h1-6,9,11,16,20H,7-8,10H2. The van der Waals surface area contributed by atoms with Crippen LogP contribution in [-0.2, 0) is 0 Å². The molecule has 1 N–H and O–H groups in total. The van der Waals surface area contributed by atoms with E-state index in [2.05, 4.69) is 0 Å². The molecule has 0 radical (unpaired) electrons. The lowest BCUT2D eigenvalue weighted by Gasteiger charge is -2.27. The van der Waals surface area contributed by atoms with Crippen molar-refractivity contribution < 1.29 is 18.6 Å². The Morgan fingerprint density at radius 3 is 2.76 bits per heavy atom. The SMILES string of the molecule is OC(CC1CCOc2ccccc21)c1ccc(F)c(F)c1. The first-order valence-electron chi connectivity index (χ1n) is 7.00. The zero-order valence-electron chi connectivity index (χ0n) is 11.4. The van der Waals surface area contributed by atoms with Gasteiger partial charge in [0.25, 0.3) is 0 Å². The molecule has 0 amide bonds. The molecule has 2 atom stereocenters. The van der Waals surface area contributed by atoms with Gasteiger partial charge in [0.05, 0.1) is 12.7 Å². The van der Waals surface area contributed by atoms with Crippen molar-refractivity contribution in [2.75, 3.05) is 6.61 Å². The summed E-state index contributed by atoms with van der Waals surface area (Å²) in [6.45, 7) is 0.603. The molecule has 110 valence electrons. The number of benzene rings is 2. The van der Waals surface area contributed by atoms with E-state index in [4.69, 9.17) is 4.74 Å². The Hall–Kier alpha value is -1.94. The third-order valence-electron chi connectivity index (χ3n) is 3.92. The van der Waals surface area contributed by atoms with Crippen molar-refractivity contribution in [3.05, 3.63) is 65.2 Å². The average Bonchev–Trinajstić information content (AvgIpc) is 2.50. The van der Waals surface area contributed by atoms with Gasteiger partial charge >= 0.3 is 0 Å². The van der Waals surface area contributed by atoms with E-state index >= 15 is 0 Å². The van der Waals surface area contributed by atoms with Crippen molar-refractivity contribution in [3.63, 3.8) is 0 Å². The monoisotopic (exact) mass is 290 g/mol. The van der Waals surface area contributed by atoms with Gasteiger partial charge in [0.1, 0.15) is 5.75 Å². The minimum absolute atomic E-state index is 0.151. The van der Waals surface area contributed by atoms with Crippen LogP contribution in [0, 0.1) is 11.6 Å². The summed E-state index contributed by atoms with van der Waals surface area (Å²) in [7, 11) is 0. The van der Waals surface area contributed by atoms with E-state index in [0.717, 1.165) is 29.9 Å². The zero-order chi connectivity index (χ0) is 14.8. The van der Waals surface area contributed by atoms with Crippen molar-refractivity contribution >= 4 is 0 Å². The quantitative estimate of drug-likeness (QED) is 0.927. The molecule has 0 bridgehead atoms. The molecule has 0 saturated heterocycles. The first kappa shape index (κ1) is 14.0. The fourth-order valence-corrected chi connectivity index (χ4v) is 2.79. The molecule has 2 nitrogen and oxygen atoms in total. The maximum absolute atomic E-state index is 13.3. The molecule has 4 heteroatoms. The molecule has 2 unspecified atom stereocenters. The summed E-state index contributed by atoms with van der Waals surface area (Å²) in [5.41, 5.74) is 1.46. The molecule has 1 aliphatic heterocycles. The lowest BCUT2D eigenvalue weighted by atomic mass is 9.86. The van der Waals surface area contributed by atoms with Gasteiger partial charge in [-0.15, -0.1) is 0 Å². The van der Waals surface area contributed by atoms with Crippen molar-refractivity contribution in [1.29, 1.82) is 0 Å². The van der Waals surface area contributed by atoms with Crippen molar-refractivity contribution in [2.45, 2.75) is 24.9 Å². The maximum Gasteiger partial charge on any atom is 0.159 e. The molecule has 0 fully saturated rings. The largest absolute Gasteiger partial charge is 0.493 e. The van der Waals surface area contributed by atoms with Crippen LogP contribution in [0.2, 0.25) is 0 Å². The van der Waals surface area contributed by atoms with Crippen LogP contribution in [0.3, 0.4) is 0 Å². The Kier molecular flexibility index (Phi) is 3.88. The summed E-state index contributed by atoms with van der Waals surface area (Å²) in [5.74, 6) is -0.842. The Morgan fingerprint density at radius 2 is 1.95 bits per heavy atom. The lowest BCUT2D eigenvalue weighted by Crippen LogP contribution is -2.16. The topological polar surface area (TPSA) is 29.5 Å². The fourth-order valence-electron chi connectivity index (χ4n) is 2.79. The second kappa shape index (κ2) is 5.82. The summed E-state index contributed by atoms with van der Waals surface area (Å²) in [6.07, 6.45) is 0.444. The van der Waals surface area contributed by atoms with Gasteiger partial charge in [-0.3, -0.25) is 0 Å². The number of halogens is 2. The maximum atomic E-state index is 13.3. The first-order chi connectivity index (χ1) is 10.1. The van der Waals surface area contributed by atoms with Crippen LogP contribution in [-0.4, -0.2) is 11.7 Å². The Morgan fingerprint density at radius 1 is 1.14 bits per heavy atom. The molecule has 1 heterocycles. The summed E-state index contributed by atoms with van der Waals surface area (Å²) < 4.78 is 31.8. The van der Waals surface area contributed by atoms with E-state index in [-0.39, 0.29) is 5.92 Å². The Labute approximate surface area is 122 Å². The van der Waals surface area contributed by atoms with Crippen LogP contribution < -0.4 is 4.74 Å². The van der Waals surface area contributed by atoms with Crippen LogP contribution in [0.5, 0.6) is 5.75 Å². The highest BCUT2D eigenvalue weighted by atomic mass is 19.2. The predicted octanol–water partition coefficient (Wildman–Crippen LogP) is 3.95. The zero-order valence-corrected chi connectivity index (χ0v) is 11.4. The molecule has 0 aliphatic carbocycles. The van der Waals surface area contributed by atoms with E-state index in [1.165, 1.54) is 6.07 Å². The number of aliphatic hydroxyl groups is 1. The van der Waals surface area contributed by atoms with Crippen molar-refractivity contribution in [2.24, 2.45) is 0 Å². The molecule has 0 aromatic heterocycles. The van der Waals surface area contributed by atoms with Crippen LogP contribution in [0.1, 0.15) is 36.0 Å². The van der Waals surface area contributed by atoms with E-state index in [1.807, 2.05) is 24.3 Å². The summed E-state index contributed by atoms with van der Waals surface area (Å²) in [6, 6.07) is 11.3. The van der Waals surface area contributed by atoms with Crippen LogP contribution in [0.15, 0.2) is 42.5 Å². The number of hydrogen-bond acceptors (Lipinski definition) is 2. The number of ether oxygens (including phenoxy) is 1.